The maximum Gasteiger partial charge on any atom is 0.239 e. The third-order valence-electron chi connectivity index (χ3n) is 3.30. The van der Waals surface area contributed by atoms with Gasteiger partial charge in [-0.25, -0.2) is 0 Å². The molecule has 5 nitrogen and oxygen atoms in total. The second-order valence-electron chi connectivity index (χ2n) is 5.42. The molecule has 0 aromatic carbocycles. The fourth-order valence-electron chi connectivity index (χ4n) is 2.30. The number of nitrogens with zero attached hydrogens (tertiary/aromatic N) is 2. The molecular formula is C13H25N3O2. The van der Waals surface area contributed by atoms with Crippen LogP contribution in [0.2, 0.25) is 0 Å². The van der Waals surface area contributed by atoms with E-state index in [1.807, 2.05) is 0 Å². The van der Waals surface area contributed by atoms with Crippen molar-refractivity contribution in [3.8, 4) is 0 Å². The van der Waals surface area contributed by atoms with E-state index in [9.17, 15) is 9.59 Å². The Kier molecular flexibility index (Phi) is 5.59. The lowest BCUT2D eigenvalue weighted by atomic mass is 10.0. The highest BCUT2D eigenvalue weighted by atomic mass is 16.2. The van der Waals surface area contributed by atoms with Gasteiger partial charge in [-0.3, -0.25) is 9.59 Å². The first-order valence-electron chi connectivity index (χ1n) is 6.71. The summed E-state index contributed by atoms with van der Waals surface area (Å²) in [6.07, 6.45) is 1.55. The van der Waals surface area contributed by atoms with Crippen LogP contribution in [0.5, 0.6) is 0 Å². The van der Waals surface area contributed by atoms with Gasteiger partial charge in [0, 0.05) is 33.1 Å². The van der Waals surface area contributed by atoms with Crippen molar-refractivity contribution < 1.29 is 9.59 Å². The Morgan fingerprint density at radius 3 is 2.22 bits per heavy atom. The Labute approximate surface area is 109 Å². The van der Waals surface area contributed by atoms with Gasteiger partial charge in [-0.15, -0.1) is 0 Å². The molecule has 1 atom stereocenters. The quantitative estimate of drug-likeness (QED) is 0.796. The summed E-state index contributed by atoms with van der Waals surface area (Å²) in [6.45, 7) is 8.36. The topological polar surface area (TPSA) is 66.6 Å². The van der Waals surface area contributed by atoms with Gasteiger partial charge < -0.3 is 15.5 Å². The van der Waals surface area contributed by atoms with Crippen molar-refractivity contribution in [2.75, 3.05) is 26.2 Å². The first-order valence-corrected chi connectivity index (χ1v) is 6.71. The van der Waals surface area contributed by atoms with E-state index in [0.717, 1.165) is 13.0 Å². The molecule has 1 unspecified atom stereocenters. The molecule has 1 aliphatic heterocycles. The maximum absolute atomic E-state index is 12.2. The molecule has 0 aliphatic carbocycles. The van der Waals surface area contributed by atoms with Crippen LogP contribution in [0.4, 0.5) is 0 Å². The molecule has 0 spiro atoms. The zero-order valence-corrected chi connectivity index (χ0v) is 11.7. The van der Waals surface area contributed by atoms with E-state index in [0.29, 0.717) is 32.0 Å². The molecule has 0 saturated carbocycles. The molecule has 2 amide bonds. The number of hydrogen-bond donors (Lipinski definition) is 1. The minimum atomic E-state index is -0.408. The normalized spacial score (nSPS) is 18.7. The first kappa shape index (κ1) is 15.0. The average molecular weight is 255 g/mol. The van der Waals surface area contributed by atoms with Crippen LogP contribution < -0.4 is 5.73 Å². The standard InChI is InChI=1S/C13H25N3O2/c1-10(2)9-12(14)13(18)16-6-4-5-15(7-8-16)11(3)17/h10,12H,4-9,14H2,1-3H3. The van der Waals surface area contributed by atoms with Crippen molar-refractivity contribution in [2.45, 2.75) is 39.7 Å². The first-order chi connectivity index (χ1) is 8.41. The van der Waals surface area contributed by atoms with E-state index >= 15 is 0 Å². The van der Waals surface area contributed by atoms with E-state index < -0.39 is 6.04 Å². The molecule has 1 heterocycles. The van der Waals surface area contributed by atoms with Gasteiger partial charge in [-0.05, 0) is 18.8 Å². The van der Waals surface area contributed by atoms with Gasteiger partial charge in [0.1, 0.15) is 0 Å². The summed E-state index contributed by atoms with van der Waals surface area (Å²) >= 11 is 0. The second-order valence-corrected chi connectivity index (χ2v) is 5.42. The van der Waals surface area contributed by atoms with Gasteiger partial charge in [0.15, 0.2) is 0 Å². The van der Waals surface area contributed by atoms with Gasteiger partial charge in [0.05, 0.1) is 6.04 Å². The van der Waals surface area contributed by atoms with Crippen LogP contribution in [0.25, 0.3) is 0 Å². The Balaban J connectivity index is 2.52. The fraction of sp³-hybridized carbons (Fsp3) is 0.846. The molecule has 2 N–H and O–H groups in total. The highest BCUT2D eigenvalue weighted by Crippen LogP contribution is 2.09. The summed E-state index contributed by atoms with van der Waals surface area (Å²) in [7, 11) is 0. The van der Waals surface area contributed by atoms with Gasteiger partial charge in [0.2, 0.25) is 11.8 Å². The highest BCUT2D eigenvalue weighted by Gasteiger charge is 2.24. The molecule has 18 heavy (non-hydrogen) atoms. The predicted octanol–water partition coefficient (Wildman–Crippen LogP) is 0.441. The maximum atomic E-state index is 12.2. The van der Waals surface area contributed by atoms with Crippen LogP contribution in [0.3, 0.4) is 0 Å². The molecule has 0 bridgehead atoms. The molecular weight excluding hydrogens is 230 g/mol. The molecule has 1 aliphatic rings. The number of carbonyl (C=O) groups is 2. The molecule has 1 rings (SSSR count). The lowest BCUT2D eigenvalue weighted by molar-refractivity contribution is -0.134. The third kappa shape index (κ3) is 4.29. The Morgan fingerprint density at radius 2 is 1.67 bits per heavy atom. The molecule has 104 valence electrons. The highest BCUT2D eigenvalue weighted by molar-refractivity contribution is 5.81. The molecule has 0 aromatic heterocycles. The zero-order chi connectivity index (χ0) is 13.7. The van der Waals surface area contributed by atoms with Crippen LogP contribution in [-0.2, 0) is 9.59 Å². The van der Waals surface area contributed by atoms with E-state index in [1.165, 1.54) is 0 Å². The van der Waals surface area contributed by atoms with E-state index in [-0.39, 0.29) is 11.8 Å². The van der Waals surface area contributed by atoms with Crippen molar-refractivity contribution >= 4 is 11.8 Å². The van der Waals surface area contributed by atoms with Crippen LogP contribution in [-0.4, -0.2) is 53.8 Å². The number of amides is 2. The molecule has 5 heteroatoms. The van der Waals surface area contributed by atoms with E-state index in [2.05, 4.69) is 13.8 Å². The second kappa shape index (κ2) is 6.73. The average Bonchev–Trinajstić information content (AvgIpc) is 2.52. The van der Waals surface area contributed by atoms with Crippen molar-refractivity contribution in [3.63, 3.8) is 0 Å². The summed E-state index contributed by atoms with van der Waals surface area (Å²) in [5.41, 5.74) is 5.92. The van der Waals surface area contributed by atoms with Crippen molar-refractivity contribution in [3.05, 3.63) is 0 Å². The Hall–Kier alpha value is -1.10. The van der Waals surface area contributed by atoms with E-state index in [1.54, 1.807) is 16.7 Å². The summed E-state index contributed by atoms with van der Waals surface area (Å²) < 4.78 is 0. The SMILES string of the molecule is CC(=O)N1CCCN(C(=O)C(N)CC(C)C)CC1. The monoisotopic (exact) mass is 255 g/mol. The van der Waals surface area contributed by atoms with Crippen LogP contribution in [0, 0.1) is 5.92 Å². The van der Waals surface area contributed by atoms with Gasteiger partial charge >= 0.3 is 0 Å². The van der Waals surface area contributed by atoms with Gasteiger partial charge in [0.25, 0.3) is 0 Å². The van der Waals surface area contributed by atoms with Crippen molar-refractivity contribution in [1.29, 1.82) is 0 Å². The van der Waals surface area contributed by atoms with Crippen molar-refractivity contribution in [1.82, 2.24) is 9.80 Å². The number of hydrogen-bond acceptors (Lipinski definition) is 3. The van der Waals surface area contributed by atoms with Crippen LogP contribution in [0.1, 0.15) is 33.6 Å². The van der Waals surface area contributed by atoms with Crippen molar-refractivity contribution in [2.24, 2.45) is 11.7 Å². The molecule has 0 radical (unpaired) electrons. The number of rotatable bonds is 3. The number of carbonyl (C=O) groups excluding carboxylic acids is 2. The van der Waals surface area contributed by atoms with Crippen LogP contribution >= 0.6 is 0 Å². The smallest absolute Gasteiger partial charge is 0.239 e. The Morgan fingerprint density at radius 1 is 1.11 bits per heavy atom. The third-order valence-corrected chi connectivity index (χ3v) is 3.30. The number of nitrogens with two attached hydrogens (primary N) is 1. The minimum absolute atomic E-state index is 0.0223. The van der Waals surface area contributed by atoms with Crippen LogP contribution in [0.15, 0.2) is 0 Å². The predicted molar refractivity (Wildman–Crippen MR) is 70.9 cm³/mol. The summed E-state index contributed by atoms with van der Waals surface area (Å²) in [5, 5.41) is 0. The molecule has 0 aromatic rings. The molecule has 1 saturated heterocycles. The van der Waals surface area contributed by atoms with Gasteiger partial charge in [-0.2, -0.15) is 0 Å². The molecule has 1 fully saturated rings. The largest absolute Gasteiger partial charge is 0.341 e. The zero-order valence-electron chi connectivity index (χ0n) is 11.7. The summed E-state index contributed by atoms with van der Waals surface area (Å²) in [6, 6.07) is -0.408. The minimum Gasteiger partial charge on any atom is -0.341 e. The summed E-state index contributed by atoms with van der Waals surface area (Å²) in [4.78, 5) is 27.1. The fourth-order valence-corrected chi connectivity index (χ4v) is 2.30. The lowest BCUT2D eigenvalue weighted by Gasteiger charge is -2.25. The van der Waals surface area contributed by atoms with E-state index in [4.69, 9.17) is 5.73 Å². The summed E-state index contributed by atoms with van der Waals surface area (Å²) in [5.74, 6) is 0.523. The van der Waals surface area contributed by atoms with Gasteiger partial charge in [-0.1, -0.05) is 13.8 Å². The Bertz CT molecular complexity index is 305. The lowest BCUT2D eigenvalue weighted by Crippen LogP contribution is -2.46.